The molecule has 1 N–H and O–H groups in total. The highest BCUT2D eigenvalue weighted by molar-refractivity contribution is 5.79. The maximum Gasteiger partial charge on any atom is 0.271 e. The average Bonchev–Trinajstić information content (AvgIpc) is 2.68. The molecule has 3 rings (SSSR count). The number of methoxy groups -OCH3 is 1. The smallest absolute Gasteiger partial charge is 0.271 e. The van der Waals surface area contributed by atoms with E-state index in [4.69, 9.17) is 4.74 Å². The van der Waals surface area contributed by atoms with Gasteiger partial charge in [-0.25, -0.2) is 0 Å². The third-order valence-corrected chi connectivity index (χ3v) is 4.47. The third-order valence-electron chi connectivity index (χ3n) is 4.47. The van der Waals surface area contributed by atoms with Crippen LogP contribution in [0.2, 0.25) is 0 Å². The molecular weight excluding hydrogens is 320 g/mol. The minimum Gasteiger partial charge on any atom is -0.497 e. The summed E-state index contributed by atoms with van der Waals surface area (Å²) in [7, 11) is 3.25. The molecule has 2 aromatic rings. The van der Waals surface area contributed by atoms with Crippen molar-refractivity contribution >= 4 is 11.7 Å². The van der Waals surface area contributed by atoms with Crippen molar-refractivity contribution < 1.29 is 9.53 Å². The molecule has 0 saturated carbocycles. The lowest BCUT2D eigenvalue weighted by molar-refractivity contribution is -0.124. The number of nitrogens with zero attached hydrogens (tertiary/aromatic N) is 3. The Hall–Kier alpha value is -2.83. The van der Waals surface area contributed by atoms with E-state index in [1.54, 1.807) is 44.5 Å². The lowest BCUT2D eigenvalue weighted by Gasteiger charge is -2.32. The quantitative estimate of drug-likeness (QED) is 0.904. The Kier molecular flexibility index (Phi) is 5.02. The van der Waals surface area contributed by atoms with Gasteiger partial charge in [-0.1, -0.05) is 0 Å². The Morgan fingerprint density at radius 1 is 1.24 bits per heavy atom. The second-order valence-corrected chi connectivity index (χ2v) is 6.04. The van der Waals surface area contributed by atoms with E-state index in [9.17, 15) is 9.59 Å². The number of amides is 1. The maximum absolute atomic E-state index is 12.2. The van der Waals surface area contributed by atoms with Crippen molar-refractivity contribution in [2.75, 3.05) is 32.1 Å². The van der Waals surface area contributed by atoms with Crippen LogP contribution in [0.5, 0.6) is 5.75 Å². The van der Waals surface area contributed by atoms with E-state index >= 15 is 0 Å². The van der Waals surface area contributed by atoms with Gasteiger partial charge in [-0.2, -0.15) is 4.68 Å². The summed E-state index contributed by atoms with van der Waals surface area (Å²) >= 11 is 0. The van der Waals surface area contributed by atoms with Crippen molar-refractivity contribution in [1.82, 2.24) is 15.1 Å². The predicted octanol–water partition coefficient (Wildman–Crippen LogP) is 1.20. The standard InChI is InChI=1S/C18H22N4O3/c1-19-18(24)13-4-3-11-21(12-13)16-9-10-17(23)22(20-16)14-5-7-15(25-2)8-6-14/h5-10,13H,3-4,11-12H2,1-2H3,(H,19,24)/t13-/m0/s1. The number of aromatic nitrogens is 2. The van der Waals surface area contributed by atoms with Crippen LogP contribution in [-0.2, 0) is 4.79 Å². The molecule has 0 spiro atoms. The van der Waals surface area contributed by atoms with Gasteiger partial charge in [0.05, 0.1) is 18.7 Å². The lowest BCUT2D eigenvalue weighted by Crippen LogP contribution is -2.43. The van der Waals surface area contributed by atoms with Crippen LogP contribution < -0.4 is 20.5 Å². The highest BCUT2D eigenvalue weighted by Gasteiger charge is 2.26. The largest absolute Gasteiger partial charge is 0.497 e. The Morgan fingerprint density at radius 3 is 2.68 bits per heavy atom. The molecule has 132 valence electrons. The minimum atomic E-state index is -0.200. The molecule has 25 heavy (non-hydrogen) atoms. The van der Waals surface area contributed by atoms with Gasteiger partial charge in [0, 0.05) is 26.2 Å². The number of rotatable bonds is 4. The van der Waals surface area contributed by atoms with Gasteiger partial charge in [0.2, 0.25) is 5.91 Å². The fourth-order valence-electron chi connectivity index (χ4n) is 3.08. The van der Waals surface area contributed by atoms with Crippen molar-refractivity contribution in [3.63, 3.8) is 0 Å². The number of piperidine rings is 1. The van der Waals surface area contributed by atoms with Crippen LogP contribution in [0, 0.1) is 5.92 Å². The van der Waals surface area contributed by atoms with E-state index in [1.807, 2.05) is 0 Å². The first-order valence-electron chi connectivity index (χ1n) is 8.33. The van der Waals surface area contributed by atoms with Crippen LogP contribution in [0.1, 0.15) is 12.8 Å². The summed E-state index contributed by atoms with van der Waals surface area (Å²) in [5, 5.41) is 7.21. The monoisotopic (exact) mass is 342 g/mol. The Labute approximate surface area is 146 Å². The van der Waals surface area contributed by atoms with Crippen LogP contribution in [0.4, 0.5) is 5.82 Å². The fourth-order valence-corrected chi connectivity index (χ4v) is 3.08. The fraction of sp³-hybridized carbons (Fsp3) is 0.389. The molecule has 0 radical (unpaired) electrons. The zero-order chi connectivity index (χ0) is 17.8. The summed E-state index contributed by atoms with van der Waals surface area (Å²) < 4.78 is 6.52. The molecule has 0 bridgehead atoms. The van der Waals surface area contributed by atoms with E-state index in [1.165, 1.54) is 10.7 Å². The number of anilines is 1. The molecule has 0 unspecified atom stereocenters. The summed E-state index contributed by atoms with van der Waals surface area (Å²) in [6.45, 7) is 1.43. The Morgan fingerprint density at radius 2 is 2.00 bits per heavy atom. The summed E-state index contributed by atoms with van der Waals surface area (Å²) in [4.78, 5) is 26.2. The highest BCUT2D eigenvalue weighted by Crippen LogP contribution is 2.21. The van der Waals surface area contributed by atoms with Crippen LogP contribution >= 0.6 is 0 Å². The van der Waals surface area contributed by atoms with Crippen LogP contribution in [0.3, 0.4) is 0 Å². The number of benzene rings is 1. The van der Waals surface area contributed by atoms with E-state index in [2.05, 4.69) is 15.3 Å². The van der Waals surface area contributed by atoms with Gasteiger partial charge in [-0.05, 0) is 43.2 Å². The lowest BCUT2D eigenvalue weighted by atomic mass is 9.97. The summed E-state index contributed by atoms with van der Waals surface area (Å²) in [5.41, 5.74) is 0.473. The number of hydrogen-bond donors (Lipinski definition) is 1. The van der Waals surface area contributed by atoms with E-state index in [-0.39, 0.29) is 17.4 Å². The molecule has 1 atom stereocenters. The summed E-state index contributed by atoms with van der Waals surface area (Å²) in [6.07, 6.45) is 1.79. The molecule has 1 amide bonds. The minimum absolute atomic E-state index is 0.0492. The Balaban J connectivity index is 1.88. The topological polar surface area (TPSA) is 76.5 Å². The zero-order valence-electron chi connectivity index (χ0n) is 14.4. The molecular formula is C18H22N4O3. The molecule has 7 nitrogen and oxygen atoms in total. The van der Waals surface area contributed by atoms with Crippen molar-refractivity contribution in [2.24, 2.45) is 5.92 Å². The first kappa shape index (κ1) is 17.0. The van der Waals surface area contributed by atoms with Gasteiger partial charge < -0.3 is 15.0 Å². The number of nitrogens with one attached hydrogen (secondary N) is 1. The Bertz CT molecular complexity index is 801. The molecule has 0 aliphatic carbocycles. The normalized spacial score (nSPS) is 17.2. The van der Waals surface area contributed by atoms with Gasteiger partial charge in [0.25, 0.3) is 5.56 Å². The van der Waals surface area contributed by atoms with Gasteiger partial charge in [0.1, 0.15) is 11.6 Å². The number of ether oxygens (including phenoxy) is 1. The van der Waals surface area contributed by atoms with Crippen LogP contribution in [0.25, 0.3) is 5.69 Å². The molecule has 1 aliphatic heterocycles. The number of carbonyl (C=O) groups is 1. The molecule has 1 fully saturated rings. The van der Waals surface area contributed by atoms with Crippen LogP contribution in [-0.4, -0.2) is 42.9 Å². The first-order chi connectivity index (χ1) is 12.1. The maximum atomic E-state index is 12.2. The van der Waals surface area contributed by atoms with Gasteiger partial charge in [0.15, 0.2) is 0 Å². The van der Waals surface area contributed by atoms with Gasteiger partial charge >= 0.3 is 0 Å². The predicted molar refractivity (Wildman–Crippen MR) is 95.4 cm³/mol. The molecule has 1 aliphatic rings. The second-order valence-electron chi connectivity index (χ2n) is 6.04. The van der Waals surface area contributed by atoms with Crippen molar-refractivity contribution in [3.05, 3.63) is 46.8 Å². The SMILES string of the molecule is CNC(=O)[C@H]1CCCN(c2ccc(=O)n(-c3ccc(OC)cc3)n2)C1. The molecule has 1 aromatic heterocycles. The first-order valence-corrected chi connectivity index (χ1v) is 8.33. The van der Waals surface area contributed by atoms with Crippen molar-refractivity contribution in [2.45, 2.75) is 12.8 Å². The highest BCUT2D eigenvalue weighted by atomic mass is 16.5. The molecule has 2 heterocycles. The van der Waals surface area contributed by atoms with Crippen LogP contribution in [0.15, 0.2) is 41.2 Å². The van der Waals surface area contributed by atoms with Crippen molar-refractivity contribution in [3.8, 4) is 11.4 Å². The molecule has 1 aromatic carbocycles. The van der Waals surface area contributed by atoms with E-state index in [0.717, 1.165) is 25.1 Å². The average molecular weight is 342 g/mol. The molecule has 1 saturated heterocycles. The summed E-state index contributed by atoms with van der Waals surface area (Å²) in [6, 6.07) is 10.4. The van der Waals surface area contributed by atoms with Gasteiger partial charge in [-0.15, -0.1) is 5.10 Å². The molecule has 7 heteroatoms. The number of carbonyl (C=O) groups excluding carboxylic acids is 1. The van der Waals surface area contributed by atoms with Crippen molar-refractivity contribution in [1.29, 1.82) is 0 Å². The van der Waals surface area contributed by atoms with Gasteiger partial charge in [-0.3, -0.25) is 9.59 Å². The zero-order valence-corrected chi connectivity index (χ0v) is 14.4. The number of hydrogen-bond acceptors (Lipinski definition) is 5. The summed E-state index contributed by atoms with van der Waals surface area (Å²) in [5.74, 6) is 1.41. The second kappa shape index (κ2) is 7.38. The van der Waals surface area contributed by atoms with E-state index < -0.39 is 0 Å². The van der Waals surface area contributed by atoms with E-state index in [0.29, 0.717) is 18.1 Å². The third kappa shape index (κ3) is 3.65.